The number of para-hydroxylation sites is 1. The van der Waals surface area contributed by atoms with Gasteiger partial charge in [-0.2, -0.15) is 0 Å². The number of nitrogens with one attached hydrogen (secondary N) is 1. The number of hydroxylamine groups is 1. The minimum Gasteiger partial charge on any atom is -0.390 e. The van der Waals surface area contributed by atoms with E-state index in [0.29, 0.717) is 25.9 Å². The minimum atomic E-state index is -0.986. The van der Waals surface area contributed by atoms with E-state index in [1.165, 1.54) is 0 Å². The molecule has 3 atom stereocenters. The van der Waals surface area contributed by atoms with E-state index in [2.05, 4.69) is 17.0 Å². The van der Waals surface area contributed by atoms with Crippen LogP contribution in [0.25, 0.3) is 0 Å². The maximum absolute atomic E-state index is 13.2. The van der Waals surface area contributed by atoms with Gasteiger partial charge < -0.3 is 14.9 Å². The van der Waals surface area contributed by atoms with E-state index in [0.717, 1.165) is 18.8 Å². The lowest BCUT2D eigenvalue weighted by Gasteiger charge is -2.44. The summed E-state index contributed by atoms with van der Waals surface area (Å²) in [7, 11) is 0. The van der Waals surface area contributed by atoms with Gasteiger partial charge in [0.15, 0.2) is 0 Å². The van der Waals surface area contributed by atoms with Crippen molar-refractivity contribution in [1.82, 2.24) is 10.4 Å². The van der Waals surface area contributed by atoms with Crippen LogP contribution < -0.4 is 10.4 Å². The van der Waals surface area contributed by atoms with Gasteiger partial charge in [-0.1, -0.05) is 32.0 Å². The van der Waals surface area contributed by atoms with Gasteiger partial charge in [0.05, 0.1) is 17.4 Å². The Bertz CT molecular complexity index is 688. The van der Waals surface area contributed by atoms with Gasteiger partial charge in [-0.25, -0.2) is 5.48 Å². The largest absolute Gasteiger partial charge is 0.390 e. The molecule has 2 fully saturated rings. The van der Waals surface area contributed by atoms with E-state index in [4.69, 9.17) is 5.21 Å². The lowest BCUT2D eigenvalue weighted by molar-refractivity contribution is -0.155. The summed E-state index contributed by atoms with van der Waals surface area (Å²) in [6.45, 7) is 6.53. The quantitative estimate of drug-likeness (QED) is 0.538. The van der Waals surface area contributed by atoms with Crippen LogP contribution in [0.2, 0.25) is 0 Å². The van der Waals surface area contributed by atoms with Gasteiger partial charge in [0.2, 0.25) is 11.8 Å². The van der Waals surface area contributed by atoms with Crippen LogP contribution in [0.5, 0.6) is 0 Å². The first-order valence-electron chi connectivity index (χ1n) is 10.1. The molecule has 0 radical (unpaired) electrons. The molecule has 0 spiro atoms. The van der Waals surface area contributed by atoms with Crippen molar-refractivity contribution in [2.75, 3.05) is 31.1 Å². The monoisotopic (exact) mass is 389 g/mol. The van der Waals surface area contributed by atoms with Gasteiger partial charge in [-0.3, -0.25) is 14.8 Å². The topological polar surface area (TPSA) is 93.1 Å². The van der Waals surface area contributed by atoms with Crippen molar-refractivity contribution in [1.29, 1.82) is 0 Å². The first-order chi connectivity index (χ1) is 13.4. The van der Waals surface area contributed by atoms with Gasteiger partial charge in [0.25, 0.3) is 0 Å². The Morgan fingerprint density at radius 2 is 1.75 bits per heavy atom. The molecule has 7 nitrogen and oxygen atoms in total. The summed E-state index contributed by atoms with van der Waals surface area (Å²) in [5, 5.41) is 20.0. The maximum atomic E-state index is 13.2. The third-order valence-corrected chi connectivity index (χ3v) is 6.50. The number of benzene rings is 1. The third kappa shape index (κ3) is 4.15. The second-order valence-electron chi connectivity index (χ2n) is 8.34. The molecule has 1 saturated heterocycles. The summed E-state index contributed by atoms with van der Waals surface area (Å²) in [5.41, 5.74) is 1.86. The molecule has 2 amide bonds. The van der Waals surface area contributed by atoms with E-state index in [9.17, 15) is 14.7 Å². The van der Waals surface area contributed by atoms with Crippen LogP contribution >= 0.6 is 0 Å². The smallest absolute Gasteiger partial charge is 0.247 e. The van der Waals surface area contributed by atoms with Crippen LogP contribution in [0.4, 0.5) is 5.69 Å². The SMILES string of the molecule is CC(C)[C@@]1(O)CC[C@H](C(=O)N2CCN(c3ccccc3)CC2)[C@@H](C(=O)NO)C1. The highest BCUT2D eigenvalue weighted by Crippen LogP contribution is 2.41. The van der Waals surface area contributed by atoms with Gasteiger partial charge in [-0.05, 0) is 37.3 Å². The van der Waals surface area contributed by atoms with Crippen LogP contribution in [-0.2, 0) is 9.59 Å². The average Bonchev–Trinajstić information content (AvgIpc) is 2.73. The Hall–Kier alpha value is -2.12. The molecule has 1 saturated carbocycles. The molecule has 154 valence electrons. The zero-order valence-corrected chi connectivity index (χ0v) is 16.7. The zero-order valence-electron chi connectivity index (χ0n) is 16.7. The molecular weight excluding hydrogens is 358 g/mol. The first-order valence-corrected chi connectivity index (χ1v) is 10.1. The van der Waals surface area contributed by atoms with Crippen molar-refractivity contribution in [2.45, 2.75) is 38.7 Å². The summed E-state index contributed by atoms with van der Waals surface area (Å²) < 4.78 is 0. The molecule has 0 bridgehead atoms. The Morgan fingerprint density at radius 3 is 2.32 bits per heavy atom. The van der Waals surface area contributed by atoms with E-state index >= 15 is 0 Å². The number of rotatable bonds is 4. The van der Waals surface area contributed by atoms with E-state index in [1.807, 2.05) is 36.9 Å². The Labute approximate surface area is 166 Å². The number of carbonyl (C=O) groups is 2. The Balaban J connectivity index is 1.67. The molecule has 1 aromatic rings. The Kier molecular flexibility index (Phi) is 6.25. The third-order valence-electron chi connectivity index (χ3n) is 6.50. The number of anilines is 1. The van der Waals surface area contributed by atoms with Crippen LogP contribution in [0.3, 0.4) is 0 Å². The van der Waals surface area contributed by atoms with Crippen molar-refractivity contribution in [3.63, 3.8) is 0 Å². The molecule has 2 aliphatic rings. The number of carbonyl (C=O) groups excluding carboxylic acids is 2. The fraction of sp³-hybridized carbons (Fsp3) is 0.619. The minimum absolute atomic E-state index is 0.0213. The van der Waals surface area contributed by atoms with Crippen molar-refractivity contribution >= 4 is 17.5 Å². The van der Waals surface area contributed by atoms with E-state index in [-0.39, 0.29) is 18.2 Å². The number of nitrogens with zero attached hydrogens (tertiary/aromatic N) is 2. The van der Waals surface area contributed by atoms with E-state index in [1.54, 1.807) is 5.48 Å². The highest BCUT2D eigenvalue weighted by molar-refractivity contribution is 5.87. The number of aliphatic hydroxyl groups is 1. The number of hydrogen-bond acceptors (Lipinski definition) is 5. The highest BCUT2D eigenvalue weighted by atomic mass is 16.5. The first kappa shape index (κ1) is 20.6. The van der Waals surface area contributed by atoms with Crippen LogP contribution in [-0.4, -0.2) is 58.8 Å². The molecule has 1 aliphatic carbocycles. The van der Waals surface area contributed by atoms with Gasteiger partial charge >= 0.3 is 0 Å². The van der Waals surface area contributed by atoms with Crippen molar-refractivity contribution < 1.29 is 19.9 Å². The normalized spacial score (nSPS) is 28.3. The van der Waals surface area contributed by atoms with Crippen LogP contribution in [0.15, 0.2) is 30.3 Å². The van der Waals surface area contributed by atoms with Crippen LogP contribution in [0.1, 0.15) is 33.1 Å². The fourth-order valence-electron chi connectivity index (χ4n) is 4.47. The lowest BCUT2D eigenvalue weighted by Crippen LogP contribution is -2.55. The molecule has 7 heteroatoms. The molecule has 1 aromatic carbocycles. The summed E-state index contributed by atoms with van der Waals surface area (Å²) >= 11 is 0. The van der Waals surface area contributed by atoms with Gasteiger partial charge in [0, 0.05) is 31.9 Å². The number of piperazine rings is 1. The summed E-state index contributed by atoms with van der Waals surface area (Å²) in [6.07, 6.45) is 1.13. The lowest BCUT2D eigenvalue weighted by atomic mass is 9.67. The summed E-state index contributed by atoms with van der Waals surface area (Å²) in [5.74, 6) is -1.88. The van der Waals surface area contributed by atoms with Crippen molar-refractivity contribution in [2.24, 2.45) is 17.8 Å². The van der Waals surface area contributed by atoms with Crippen molar-refractivity contribution in [3.05, 3.63) is 30.3 Å². The summed E-state index contributed by atoms with van der Waals surface area (Å²) in [4.78, 5) is 29.5. The molecule has 0 aromatic heterocycles. The molecule has 3 N–H and O–H groups in total. The maximum Gasteiger partial charge on any atom is 0.247 e. The molecular formula is C21H31N3O4. The molecule has 28 heavy (non-hydrogen) atoms. The number of amides is 2. The standard InChI is InChI=1S/C21H31N3O4/c1-15(2)21(27)9-8-17(18(14-21)19(25)22-28)20(26)24-12-10-23(11-13-24)16-6-4-3-5-7-16/h3-7,15,17-18,27-28H,8-14H2,1-2H3,(H,22,25)/t17-,18-,21+/m0/s1. The second-order valence-corrected chi connectivity index (χ2v) is 8.34. The highest BCUT2D eigenvalue weighted by Gasteiger charge is 2.47. The van der Waals surface area contributed by atoms with Gasteiger partial charge in [-0.15, -0.1) is 0 Å². The zero-order chi connectivity index (χ0) is 20.3. The van der Waals surface area contributed by atoms with Crippen LogP contribution in [0, 0.1) is 17.8 Å². The van der Waals surface area contributed by atoms with Gasteiger partial charge in [0.1, 0.15) is 0 Å². The molecule has 0 unspecified atom stereocenters. The predicted octanol–water partition coefficient (Wildman–Crippen LogP) is 1.64. The molecule has 1 aliphatic heterocycles. The predicted molar refractivity (Wildman–Crippen MR) is 106 cm³/mol. The molecule has 3 rings (SSSR count). The average molecular weight is 389 g/mol. The molecule has 1 heterocycles. The van der Waals surface area contributed by atoms with E-state index < -0.39 is 23.3 Å². The number of hydrogen-bond donors (Lipinski definition) is 3. The Morgan fingerprint density at radius 1 is 1.11 bits per heavy atom. The summed E-state index contributed by atoms with van der Waals surface area (Å²) in [6, 6.07) is 10.1. The van der Waals surface area contributed by atoms with Crippen molar-refractivity contribution in [3.8, 4) is 0 Å². The fourth-order valence-corrected chi connectivity index (χ4v) is 4.47. The second kappa shape index (κ2) is 8.49.